The van der Waals surface area contributed by atoms with Gasteiger partial charge in [0.1, 0.15) is 12.1 Å². The minimum atomic E-state index is -1.32. The van der Waals surface area contributed by atoms with E-state index in [-0.39, 0.29) is 25.3 Å². The highest BCUT2D eigenvalue weighted by Crippen LogP contribution is 2.06. The van der Waals surface area contributed by atoms with Gasteiger partial charge in [0.2, 0.25) is 23.6 Å². The largest absolute Gasteiger partial charge is 0.393 e. The van der Waals surface area contributed by atoms with Crippen LogP contribution in [0.3, 0.4) is 0 Å². The number of amides is 4. The number of carbonyl (C=O) groups is 4. The topological polar surface area (TPSA) is 157 Å². The van der Waals surface area contributed by atoms with Crippen molar-refractivity contribution in [1.29, 1.82) is 0 Å². The molecule has 10 nitrogen and oxygen atoms in total. The third-order valence-electron chi connectivity index (χ3n) is 5.72. The van der Waals surface area contributed by atoms with E-state index in [1.165, 1.54) is 25.2 Å². The molecule has 0 saturated heterocycles. The molecule has 0 fully saturated rings. The van der Waals surface area contributed by atoms with Crippen LogP contribution >= 0.6 is 0 Å². The summed E-state index contributed by atoms with van der Waals surface area (Å²) in [5.41, 5.74) is 0. The molecule has 216 valence electrons. The lowest BCUT2D eigenvalue weighted by Gasteiger charge is -2.26. The van der Waals surface area contributed by atoms with Crippen molar-refractivity contribution in [3.8, 4) is 0 Å². The van der Waals surface area contributed by atoms with Gasteiger partial charge in [-0.15, -0.1) is 0 Å². The second kappa shape index (κ2) is 19.6. The number of carbonyl (C=O) groups excluding carboxylic acids is 4. The molecule has 39 heavy (non-hydrogen) atoms. The third kappa shape index (κ3) is 15.5. The molecule has 1 heterocycles. The van der Waals surface area contributed by atoms with Crippen LogP contribution in [-0.2, 0) is 19.2 Å². The van der Waals surface area contributed by atoms with Crippen LogP contribution in [0.25, 0.3) is 0 Å². The van der Waals surface area contributed by atoms with Crippen LogP contribution in [0.5, 0.6) is 0 Å². The van der Waals surface area contributed by atoms with Crippen LogP contribution in [0.1, 0.15) is 59.3 Å². The van der Waals surface area contributed by atoms with Crippen LogP contribution in [0.2, 0.25) is 0 Å². The summed E-state index contributed by atoms with van der Waals surface area (Å²) in [5.74, 6) is -2.25. The first-order chi connectivity index (χ1) is 18.6. The number of aliphatic hydroxyl groups is 2. The number of hydrogen-bond acceptors (Lipinski definition) is 6. The first-order valence-corrected chi connectivity index (χ1v) is 13.5. The van der Waals surface area contributed by atoms with Gasteiger partial charge in [0.25, 0.3) is 0 Å². The lowest BCUT2D eigenvalue weighted by Crippen LogP contribution is -2.58. The molecule has 4 amide bonds. The van der Waals surface area contributed by atoms with Gasteiger partial charge in [-0.25, -0.2) is 0 Å². The van der Waals surface area contributed by atoms with Crippen LogP contribution in [0, 0.1) is 0 Å². The van der Waals surface area contributed by atoms with Crippen molar-refractivity contribution in [3.63, 3.8) is 0 Å². The Bertz CT molecular complexity index is 938. The van der Waals surface area contributed by atoms with E-state index in [1.807, 2.05) is 6.08 Å². The third-order valence-corrected chi connectivity index (χ3v) is 5.72. The van der Waals surface area contributed by atoms with E-state index in [4.69, 9.17) is 0 Å². The Morgan fingerprint density at radius 2 is 1.85 bits per heavy atom. The van der Waals surface area contributed by atoms with Crippen molar-refractivity contribution in [3.05, 3.63) is 60.8 Å². The average Bonchev–Trinajstić information content (AvgIpc) is 2.88. The van der Waals surface area contributed by atoms with Gasteiger partial charge >= 0.3 is 0 Å². The molecule has 0 radical (unpaired) electrons. The van der Waals surface area contributed by atoms with Gasteiger partial charge in [0, 0.05) is 31.2 Å². The Labute approximate surface area is 231 Å². The van der Waals surface area contributed by atoms with E-state index in [0.29, 0.717) is 0 Å². The SMILES string of the molecule is CCC=CCC=CCCC=CC=CC(=O)NC(C(=O)NC1CC(O)CCNC(=O)C=CC(C)NC1=O)C(C)O. The lowest BCUT2D eigenvalue weighted by atomic mass is 10.0. The summed E-state index contributed by atoms with van der Waals surface area (Å²) in [7, 11) is 0. The molecule has 0 aromatic rings. The van der Waals surface area contributed by atoms with E-state index in [0.717, 1.165) is 25.7 Å². The molecule has 6 N–H and O–H groups in total. The smallest absolute Gasteiger partial charge is 0.245 e. The molecule has 1 aliphatic rings. The fraction of sp³-hybridized carbons (Fsp3) is 0.517. The highest BCUT2D eigenvalue weighted by molar-refractivity contribution is 5.95. The summed E-state index contributed by atoms with van der Waals surface area (Å²) in [6.07, 6.45) is 19.2. The zero-order valence-electron chi connectivity index (χ0n) is 23.1. The number of allylic oxidation sites excluding steroid dienone is 7. The first-order valence-electron chi connectivity index (χ1n) is 13.5. The zero-order valence-corrected chi connectivity index (χ0v) is 23.1. The molecule has 0 saturated carbocycles. The van der Waals surface area contributed by atoms with Gasteiger partial charge in [-0.2, -0.15) is 0 Å². The molecule has 0 aliphatic carbocycles. The van der Waals surface area contributed by atoms with E-state index in [1.54, 1.807) is 19.1 Å². The summed E-state index contributed by atoms with van der Waals surface area (Å²) in [6, 6.07) is -2.95. The summed E-state index contributed by atoms with van der Waals surface area (Å²) in [5, 5.41) is 30.7. The lowest BCUT2D eigenvalue weighted by molar-refractivity contribution is -0.134. The highest BCUT2D eigenvalue weighted by atomic mass is 16.3. The van der Waals surface area contributed by atoms with Gasteiger partial charge in [-0.1, -0.05) is 55.5 Å². The average molecular weight is 545 g/mol. The number of aliphatic hydroxyl groups excluding tert-OH is 2. The number of nitrogens with one attached hydrogen (secondary N) is 4. The van der Waals surface area contributed by atoms with Gasteiger partial charge in [-0.05, 0) is 46.0 Å². The zero-order chi connectivity index (χ0) is 29.0. The summed E-state index contributed by atoms with van der Waals surface area (Å²) >= 11 is 0. The van der Waals surface area contributed by atoms with Crippen LogP contribution < -0.4 is 21.3 Å². The molecular weight excluding hydrogens is 500 g/mol. The van der Waals surface area contributed by atoms with Crippen LogP contribution in [0.4, 0.5) is 0 Å². The molecule has 0 aromatic carbocycles. The Balaban J connectivity index is 2.70. The molecular formula is C29H44N4O6. The quantitative estimate of drug-likeness (QED) is 0.0946. The van der Waals surface area contributed by atoms with Crippen molar-refractivity contribution in [1.82, 2.24) is 21.3 Å². The van der Waals surface area contributed by atoms with Crippen molar-refractivity contribution in [2.45, 2.75) is 89.6 Å². The van der Waals surface area contributed by atoms with Crippen molar-refractivity contribution in [2.75, 3.05) is 6.54 Å². The van der Waals surface area contributed by atoms with Gasteiger partial charge in [-0.3, -0.25) is 19.2 Å². The Hall–Kier alpha value is -3.50. The van der Waals surface area contributed by atoms with E-state index >= 15 is 0 Å². The van der Waals surface area contributed by atoms with Crippen LogP contribution in [-0.4, -0.2) is 70.7 Å². The molecule has 0 spiro atoms. The van der Waals surface area contributed by atoms with Crippen molar-refractivity contribution in [2.24, 2.45) is 0 Å². The Kier molecular flexibility index (Phi) is 16.8. The second-order valence-electron chi connectivity index (χ2n) is 9.37. The normalized spacial score (nSPS) is 22.8. The number of hydrogen-bond donors (Lipinski definition) is 6. The van der Waals surface area contributed by atoms with Crippen LogP contribution in [0.15, 0.2) is 60.8 Å². The van der Waals surface area contributed by atoms with Crippen molar-refractivity contribution < 1.29 is 29.4 Å². The van der Waals surface area contributed by atoms with Gasteiger partial charge < -0.3 is 31.5 Å². The molecule has 1 aliphatic heterocycles. The Morgan fingerprint density at radius 3 is 2.56 bits per heavy atom. The summed E-state index contributed by atoms with van der Waals surface area (Å²) in [6.45, 7) is 5.30. The standard InChI is InChI=1S/C29H44N4O6/c1-4-5-6-7-8-9-10-11-12-13-14-15-26(37)33-27(22(3)34)29(39)32-24-20-23(35)18-19-30-25(36)17-16-21(2)31-28(24)38/h5-6,8-9,12-17,21-24,27,34-35H,4,7,10-11,18-20H2,1-3H3,(H,30,36)(H,31,38)(H,32,39)(H,33,37). The van der Waals surface area contributed by atoms with Crippen molar-refractivity contribution >= 4 is 23.6 Å². The predicted octanol–water partition coefficient (Wildman–Crippen LogP) is 1.47. The molecule has 10 heteroatoms. The van der Waals surface area contributed by atoms with Gasteiger partial charge in [0.05, 0.1) is 12.2 Å². The monoisotopic (exact) mass is 544 g/mol. The maximum atomic E-state index is 12.9. The highest BCUT2D eigenvalue weighted by Gasteiger charge is 2.31. The molecule has 0 aromatic heterocycles. The van der Waals surface area contributed by atoms with E-state index < -0.39 is 48.1 Å². The van der Waals surface area contributed by atoms with E-state index in [2.05, 4.69) is 52.5 Å². The number of rotatable bonds is 12. The minimum absolute atomic E-state index is 0.111. The maximum absolute atomic E-state index is 12.9. The summed E-state index contributed by atoms with van der Waals surface area (Å²) in [4.78, 5) is 49.8. The molecule has 5 unspecified atom stereocenters. The Morgan fingerprint density at radius 1 is 1.13 bits per heavy atom. The molecule has 5 atom stereocenters. The second-order valence-corrected chi connectivity index (χ2v) is 9.37. The predicted molar refractivity (Wildman–Crippen MR) is 151 cm³/mol. The van der Waals surface area contributed by atoms with E-state index in [9.17, 15) is 29.4 Å². The first kappa shape index (κ1) is 33.5. The molecule has 0 bridgehead atoms. The fourth-order valence-corrected chi connectivity index (χ4v) is 3.58. The fourth-order valence-electron chi connectivity index (χ4n) is 3.58. The summed E-state index contributed by atoms with van der Waals surface area (Å²) < 4.78 is 0. The maximum Gasteiger partial charge on any atom is 0.245 e. The molecule has 1 rings (SSSR count). The number of unbranched alkanes of at least 4 members (excludes halogenated alkanes) is 1. The minimum Gasteiger partial charge on any atom is -0.393 e. The van der Waals surface area contributed by atoms with Gasteiger partial charge in [0.15, 0.2) is 0 Å².